The van der Waals surface area contributed by atoms with Crippen molar-refractivity contribution in [2.24, 2.45) is 0 Å². The van der Waals surface area contributed by atoms with E-state index in [0.29, 0.717) is 24.6 Å². The Morgan fingerprint density at radius 2 is 2.13 bits per heavy atom. The molecule has 1 aliphatic carbocycles. The van der Waals surface area contributed by atoms with Gasteiger partial charge in [-0.15, -0.1) is 11.3 Å². The zero-order valence-corrected chi connectivity index (χ0v) is 14.1. The molecule has 0 spiro atoms. The van der Waals surface area contributed by atoms with Crippen molar-refractivity contribution < 1.29 is 14.3 Å². The average molecular weight is 331 g/mol. The molecule has 1 heterocycles. The van der Waals surface area contributed by atoms with Crippen LogP contribution < -0.4 is 10.1 Å². The van der Waals surface area contributed by atoms with Gasteiger partial charge in [0.05, 0.1) is 11.5 Å². The standard InChI is InChI=1S/C18H21NO3S/c1-21-8-7-19-18(20)17-9-13(12-23-17)11-22-16-6-5-14-3-2-4-15(14)10-16/h5-6,9-10,12H,2-4,7-8,11H2,1H3,(H,19,20). The van der Waals surface area contributed by atoms with Crippen molar-refractivity contribution in [1.29, 1.82) is 0 Å². The first-order valence-electron chi connectivity index (χ1n) is 7.85. The predicted molar refractivity (Wildman–Crippen MR) is 91.3 cm³/mol. The van der Waals surface area contributed by atoms with Crippen LogP contribution in [0.1, 0.15) is 32.8 Å². The van der Waals surface area contributed by atoms with E-state index in [2.05, 4.69) is 17.4 Å². The monoisotopic (exact) mass is 331 g/mol. The van der Waals surface area contributed by atoms with E-state index < -0.39 is 0 Å². The van der Waals surface area contributed by atoms with E-state index in [9.17, 15) is 4.79 Å². The molecule has 1 aromatic heterocycles. The van der Waals surface area contributed by atoms with Crippen LogP contribution in [0.2, 0.25) is 0 Å². The van der Waals surface area contributed by atoms with Crippen LogP contribution in [0.15, 0.2) is 29.6 Å². The summed E-state index contributed by atoms with van der Waals surface area (Å²) in [6, 6.07) is 8.24. The van der Waals surface area contributed by atoms with Crippen LogP contribution in [0, 0.1) is 0 Å². The summed E-state index contributed by atoms with van der Waals surface area (Å²) in [5, 5.41) is 4.79. The van der Waals surface area contributed by atoms with Crippen molar-refractivity contribution in [3.63, 3.8) is 0 Å². The number of methoxy groups -OCH3 is 1. The van der Waals surface area contributed by atoms with Gasteiger partial charge in [0.15, 0.2) is 0 Å². The predicted octanol–water partition coefficient (Wildman–Crippen LogP) is 3.19. The molecule has 0 atom stereocenters. The highest BCUT2D eigenvalue weighted by molar-refractivity contribution is 7.12. The van der Waals surface area contributed by atoms with Gasteiger partial charge < -0.3 is 14.8 Å². The number of nitrogens with one attached hydrogen (secondary N) is 1. The molecule has 4 nitrogen and oxygen atoms in total. The fraction of sp³-hybridized carbons (Fsp3) is 0.389. The van der Waals surface area contributed by atoms with Crippen LogP contribution >= 0.6 is 11.3 Å². The number of rotatable bonds is 7. The molecule has 1 N–H and O–H groups in total. The maximum atomic E-state index is 11.9. The van der Waals surface area contributed by atoms with Crippen LogP contribution in [-0.2, 0) is 24.2 Å². The van der Waals surface area contributed by atoms with Gasteiger partial charge in [-0.3, -0.25) is 4.79 Å². The Hall–Kier alpha value is -1.85. The van der Waals surface area contributed by atoms with Gasteiger partial charge in [-0.1, -0.05) is 6.07 Å². The minimum atomic E-state index is -0.0594. The SMILES string of the molecule is COCCNC(=O)c1cc(COc2ccc3c(c2)CCC3)cs1. The Morgan fingerprint density at radius 3 is 3.00 bits per heavy atom. The van der Waals surface area contributed by atoms with Crippen LogP contribution in [0.5, 0.6) is 5.75 Å². The molecule has 122 valence electrons. The van der Waals surface area contributed by atoms with Gasteiger partial charge >= 0.3 is 0 Å². The van der Waals surface area contributed by atoms with E-state index in [-0.39, 0.29) is 5.91 Å². The summed E-state index contributed by atoms with van der Waals surface area (Å²) in [5.74, 6) is 0.846. The lowest BCUT2D eigenvalue weighted by molar-refractivity contribution is 0.0941. The zero-order chi connectivity index (χ0) is 16.1. The molecule has 1 amide bonds. The maximum Gasteiger partial charge on any atom is 0.261 e. The molecule has 1 aromatic carbocycles. The van der Waals surface area contributed by atoms with E-state index in [4.69, 9.17) is 9.47 Å². The van der Waals surface area contributed by atoms with Crippen molar-refractivity contribution in [2.45, 2.75) is 25.9 Å². The minimum Gasteiger partial charge on any atom is -0.489 e. The highest BCUT2D eigenvalue weighted by Gasteiger charge is 2.12. The van der Waals surface area contributed by atoms with Crippen LogP contribution in [0.25, 0.3) is 0 Å². The number of thiophene rings is 1. The third kappa shape index (κ3) is 4.12. The molecular weight excluding hydrogens is 310 g/mol. The molecular formula is C18H21NO3S. The van der Waals surface area contributed by atoms with E-state index in [1.165, 1.54) is 35.3 Å². The summed E-state index contributed by atoms with van der Waals surface area (Å²) < 4.78 is 10.8. The molecule has 0 saturated heterocycles. The van der Waals surface area contributed by atoms with Crippen LogP contribution in [-0.4, -0.2) is 26.2 Å². The molecule has 0 fully saturated rings. The van der Waals surface area contributed by atoms with Crippen molar-refractivity contribution in [3.05, 3.63) is 51.2 Å². The zero-order valence-electron chi connectivity index (χ0n) is 13.3. The van der Waals surface area contributed by atoms with E-state index in [0.717, 1.165) is 17.7 Å². The second kappa shape index (κ2) is 7.62. The lowest BCUT2D eigenvalue weighted by Gasteiger charge is -2.07. The van der Waals surface area contributed by atoms with Crippen molar-refractivity contribution in [2.75, 3.05) is 20.3 Å². The largest absolute Gasteiger partial charge is 0.489 e. The quantitative estimate of drug-likeness (QED) is 0.793. The maximum absolute atomic E-state index is 11.9. The van der Waals surface area contributed by atoms with Crippen molar-refractivity contribution in [1.82, 2.24) is 5.32 Å². The third-order valence-corrected chi connectivity index (χ3v) is 4.92. The molecule has 0 radical (unpaired) electrons. The van der Waals surface area contributed by atoms with E-state index in [1.807, 2.05) is 17.5 Å². The fourth-order valence-corrected chi connectivity index (χ4v) is 3.54. The molecule has 0 bridgehead atoms. The number of amides is 1. The third-order valence-electron chi connectivity index (χ3n) is 3.94. The first-order valence-corrected chi connectivity index (χ1v) is 8.73. The molecule has 0 unspecified atom stereocenters. The Balaban J connectivity index is 1.54. The highest BCUT2D eigenvalue weighted by Crippen LogP contribution is 2.26. The topological polar surface area (TPSA) is 47.6 Å². The summed E-state index contributed by atoms with van der Waals surface area (Å²) in [7, 11) is 1.62. The summed E-state index contributed by atoms with van der Waals surface area (Å²) in [6.07, 6.45) is 3.57. The van der Waals surface area contributed by atoms with Gasteiger partial charge in [0.2, 0.25) is 0 Å². The number of hydrogen-bond donors (Lipinski definition) is 1. The number of ether oxygens (including phenoxy) is 2. The Labute approximate surface area is 140 Å². The summed E-state index contributed by atoms with van der Waals surface area (Å²) in [5.41, 5.74) is 3.88. The van der Waals surface area contributed by atoms with Gasteiger partial charge in [-0.25, -0.2) is 0 Å². The summed E-state index contributed by atoms with van der Waals surface area (Å²) in [6.45, 7) is 1.53. The van der Waals surface area contributed by atoms with Crippen LogP contribution in [0.3, 0.4) is 0 Å². The second-order valence-corrected chi connectivity index (χ2v) is 6.55. The van der Waals surface area contributed by atoms with Crippen molar-refractivity contribution >= 4 is 17.2 Å². The number of aryl methyl sites for hydroxylation is 2. The average Bonchev–Trinajstić information content (AvgIpc) is 3.21. The first-order chi connectivity index (χ1) is 11.3. The number of hydrogen-bond acceptors (Lipinski definition) is 4. The fourth-order valence-electron chi connectivity index (χ4n) is 2.73. The van der Waals surface area contributed by atoms with Gasteiger partial charge in [-0.2, -0.15) is 0 Å². The minimum absolute atomic E-state index is 0.0594. The summed E-state index contributed by atoms with van der Waals surface area (Å²) >= 11 is 1.44. The lowest BCUT2D eigenvalue weighted by Crippen LogP contribution is -2.26. The van der Waals surface area contributed by atoms with E-state index >= 15 is 0 Å². The molecule has 5 heteroatoms. The normalized spacial score (nSPS) is 12.9. The number of benzene rings is 1. The number of carbonyl (C=O) groups is 1. The van der Waals surface area contributed by atoms with Crippen molar-refractivity contribution in [3.8, 4) is 5.75 Å². The second-order valence-electron chi connectivity index (χ2n) is 5.64. The molecule has 2 aromatic rings. The van der Waals surface area contributed by atoms with Gasteiger partial charge in [-0.05, 0) is 54.0 Å². The molecule has 0 saturated carbocycles. The number of fused-ring (bicyclic) bond motifs is 1. The Kier molecular flexibility index (Phi) is 5.31. The smallest absolute Gasteiger partial charge is 0.261 e. The van der Waals surface area contributed by atoms with E-state index in [1.54, 1.807) is 7.11 Å². The lowest BCUT2D eigenvalue weighted by atomic mass is 10.1. The van der Waals surface area contributed by atoms with Gasteiger partial charge in [0, 0.05) is 19.2 Å². The first kappa shape index (κ1) is 16.0. The highest BCUT2D eigenvalue weighted by atomic mass is 32.1. The van der Waals surface area contributed by atoms with Crippen LogP contribution in [0.4, 0.5) is 0 Å². The van der Waals surface area contributed by atoms with Gasteiger partial charge in [0.25, 0.3) is 5.91 Å². The molecule has 23 heavy (non-hydrogen) atoms. The molecule has 3 rings (SSSR count). The summed E-state index contributed by atoms with van der Waals surface area (Å²) in [4.78, 5) is 12.6. The molecule has 0 aliphatic heterocycles. The Morgan fingerprint density at radius 1 is 1.26 bits per heavy atom. The Bertz CT molecular complexity index is 681. The number of carbonyl (C=O) groups excluding carboxylic acids is 1. The van der Waals surface area contributed by atoms with Gasteiger partial charge in [0.1, 0.15) is 12.4 Å². The molecule has 1 aliphatic rings.